The minimum Gasteiger partial charge on any atom is -0.475 e. The Kier molecular flexibility index (Phi) is 16.4. The first-order valence-electron chi connectivity index (χ1n) is 16.0. The molecule has 1 aromatic heterocycles. The minimum absolute atomic E-state index is 0.0537. The number of halogens is 6. The van der Waals surface area contributed by atoms with Crippen molar-refractivity contribution in [1.29, 1.82) is 0 Å². The maximum atomic E-state index is 13.4. The third-order valence-electron chi connectivity index (χ3n) is 8.03. The topological polar surface area (TPSA) is 153 Å². The number of ketones is 1. The summed E-state index contributed by atoms with van der Waals surface area (Å²) in [6.07, 6.45) is -1.38. The summed E-state index contributed by atoms with van der Waals surface area (Å²) < 4.78 is 63.5. The van der Waals surface area contributed by atoms with Gasteiger partial charge in [-0.05, 0) is 68.6 Å². The lowest BCUT2D eigenvalue weighted by atomic mass is 9.95. The van der Waals surface area contributed by atoms with Crippen LogP contribution in [0.4, 0.5) is 26.3 Å². The van der Waals surface area contributed by atoms with E-state index in [1.165, 1.54) is 10.8 Å². The van der Waals surface area contributed by atoms with Gasteiger partial charge in [-0.25, -0.2) is 14.6 Å². The van der Waals surface area contributed by atoms with Crippen LogP contribution in [0.3, 0.4) is 0 Å². The molecule has 1 saturated heterocycles. The van der Waals surface area contributed by atoms with E-state index < -0.39 is 24.3 Å². The SMILES string of the molecule is CCC(=O)CCCCCC(C(=O)NCC1CCN(C)CC1)c1ncc(-c2ccc3ccccc3c2)[nH]1.O=C(O)C(F)(F)F.O=C(O)C(F)(F)F. The van der Waals surface area contributed by atoms with Crippen molar-refractivity contribution in [1.82, 2.24) is 20.2 Å². The molecule has 1 aliphatic rings. The molecular weight excluding hydrogens is 674 g/mol. The fourth-order valence-electron chi connectivity index (χ4n) is 5.07. The van der Waals surface area contributed by atoms with Crippen molar-refractivity contribution < 1.29 is 55.7 Å². The summed E-state index contributed by atoms with van der Waals surface area (Å²) >= 11 is 0. The van der Waals surface area contributed by atoms with E-state index in [1.54, 1.807) is 0 Å². The number of carboxylic acids is 2. The highest BCUT2D eigenvalue weighted by molar-refractivity contribution is 5.87. The Morgan fingerprint density at radius 1 is 0.920 bits per heavy atom. The van der Waals surface area contributed by atoms with E-state index in [4.69, 9.17) is 19.8 Å². The zero-order chi connectivity index (χ0) is 37.5. The van der Waals surface area contributed by atoms with Crippen LogP contribution in [0.15, 0.2) is 48.7 Å². The Hall–Kier alpha value is -4.47. The summed E-state index contributed by atoms with van der Waals surface area (Å²) in [6.45, 7) is 4.82. The van der Waals surface area contributed by atoms with Crippen molar-refractivity contribution in [2.75, 3.05) is 26.7 Å². The third kappa shape index (κ3) is 14.6. The highest BCUT2D eigenvalue weighted by atomic mass is 19.4. The molecule has 10 nitrogen and oxygen atoms in total. The summed E-state index contributed by atoms with van der Waals surface area (Å²) in [7, 11) is 2.16. The van der Waals surface area contributed by atoms with Crippen molar-refractivity contribution in [3.63, 3.8) is 0 Å². The molecule has 1 aliphatic heterocycles. The van der Waals surface area contributed by atoms with E-state index in [-0.39, 0.29) is 11.8 Å². The van der Waals surface area contributed by atoms with E-state index in [9.17, 15) is 35.9 Å². The monoisotopic (exact) mass is 716 g/mol. The molecule has 1 amide bonds. The minimum atomic E-state index is -5.08. The van der Waals surface area contributed by atoms with E-state index in [2.05, 4.69) is 57.6 Å². The number of hydrogen-bond acceptors (Lipinski definition) is 6. The second kappa shape index (κ2) is 19.6. The number of nitrogens with one attached hydrogen (secondary N) is 2. The maximum Gasteiger partial charge on any atom is 0.490 e. The van der Waals surface area contributed by atoms with Gasteiger partial charge < -0.3 is 25.4 Å². The number of aromatic nitrogens is 2. The van der Waals surface area contributed by atoms with E-state index in [1.807, 2.05) is 25.3 Å². The first-order chi connectivity index (χ1) is 23.4. The van der Waals surface area contributed by atoms with Crippen LogP contribution in [0.25, 0.3) is 22.0 Å². The number of carbonyl (C=O) groups excluding carboxylic acids is 2. The smallest absolute Gasteiger partial charge is 0.475 e. The molecule has 3 aromatic rings. The van der Waals surface area contributed by atoms with Crippen LogP contribution < -0.4 is 5.32 Å². The highest BCUT2D eigenvalue weighted by Gasteiger charge is 2.39. The molecule has 0 saturated carbocycles. The van der Waals surface area contributed by atoms with Crippen molar-refractivity contribution >= 4 is 34.4 Å². The quantitative estimate of drug-likeness (QED) is 0.116. The number of amides is 1. The number of hydrogen-bond donors (Lipinski definition) is 4. The molecule has 4 N–H and O–H groups in total. The second-order valence-electron chi connectivity index (χ2n) is 11.9. The van der Waals surface area contributed by atoms with E-state index in [0.29, 0.717) is 24.5 Å². The number of carboxylic acid groups (broad SMARTS) is 2. The zero-order valence-corrected chi connectivity index (χ0v) is 27.7. The van der Waals surface area contributed by atoms with Crippen LogP contribution in [0.5, 0.6) is 0 Å². The summed E-state index contributed by atoms with van der Waals surface area (Å²) in [5.41, 5.74) is 1.99. The summed E-state index contributed by atoms with van der Waals surface area (Å²) in [4.78, 5) is 53.2. The van der Waals surface area contributed by atoms with Gasteiger partial charge in [0.2, 0.25) is 5.91 Å². The van der Waals surface area contributed by atoms with Crippen LogP contribution >= 0.6 is 0 Å². The summed E-state index contributed by atoms with van der Waals surface area (Å²) in [5.74, 6) is -4.20. The van der Waals surface area contributed by atoms with E-state index in [0.717, 1.165) is 75.2 Å². The number of Topliss-reactive ketones (excluding diaryl/α,β-unsaturated/α-hetero) is 1. The Balaban J connectivity index is 0.000000521. The van der Waals surface area contributed by atoms with Crippen LogP contribution in [0.1, 0.15) is 70.0 Å². The number of fused-ring (bicyclic) bond motifs is 1. The second-order valence-corrected chi connectivity index (χ2v) is 11.9. The number of aliphatic carboxylic acids is 2. The van der Waals surface area contributed by atoms with Gasteiger partial charge in [-0.15, -0.1) is 0 Å². The van der Waals surface area contributed by atoms with Gasteiger partial charge in [-0.2, -0.15) is 26.3 Å². The number of benzene rings is 2. The number of alkyl halides is 6. The molecule has 0 aliphatic carbocycles. The Bertz CT molecular complexity index is 1530. The number of unbranched alkanes of at least 4 members (excludes halogenated alkanes) is 2. The molecule has 1 fully saturated rings. The lowest BCUT2D eigenvalue weighted by Crippen LogP contribution is -2.38. The Morgan fingerprint density at radius 2 is 1.50 bits per heavy atom. The number of imidazole rings is 1. The lowest BCUT2D eigenvalue weighted by molar-refractivity contribution is -0.193. The number of likely N-dealkylation sites (tertiary alicyclic amines) is 1. The number of carbonyl (C=O) groups is 4. The number of H-pyrrole nitrogens is 1. The van der Waals surface area contributed by atoms with Gasteiger partial charge in [0.1, 0.15) is 11.6 Å². The standard InChI is InChI=1S/C30H40N4O2.2C2HF3O2/c1-3-26(35)11-5-4-6-12-27(30(36)32-20-22-15-17-34(2)18-16-22)29-31-21-28(33-29)25-14-13-23-9-7-8-10-24(23)19-25;2*3-2(4,5)1(6)7/h7-10,13-14,19,21-22,27H,3-6,11-12,15-18,20H2,1-2H3,(H,31,33)(H,32,36);2*(H,6,7). The Labute approximate surface area is 285 Å². The molecule has 4 rings (SSSR count). The third-order valence-corrected chi connectivity index (χ3v) is 8.03. The molecule has 0 spiro atoms. The predicted molar refractivity (Wildman–Crippen MR) is 173 cm³/mol. The van der Waals surface area contributed by atoms with Crippen LogP contribution in [0.2, 0.25) is 0 Å². The average molecular weight is 717 g/mol. The van der Waals surface area contributed by atoms with E-state index >= 15 is 0 Å². The van der Waals surface area contributed by atoms with Gasteiger partial charge >= 0.3 is 24.3 Å². The van der Waals surface area contributed by atoms with Gasteiger partial charge in [-0.3, -0.25) is 9.59 Å². The molecule has 1 atom stereocenters. The van der Waals surface area contributed by atoms with Crippen molar-refractivity contribution in [3.8, 4) is 11.3 Å². The molecule has 2 aromatic carbocycles. The number of rotatable bonds is 12. The summed E-state index contributed by atoms with van der Waals surface area (Å²) in [6, 6.07) is 14.7. The fourth-order valence-corrected chi connectivity index (χ4v) is 5.07. The molecule has 0 bridgehead atoms. The lowest BCUT2D eigenvalue weighted by Gasteiger charge is -2.29. The molecule has 50 heavy (non-hydrogen) atoms. The molecular formula is C34H42F6N4O6. The Morgan fingerprint density at radius 3 is 2.06 bits per heavy atom. The first kappa shape index (κ1) is 41.7. The normalized spacial score (nSPS) is 14.5. The summed E-state index contributed by atoms with van der Waals surface area (Å²) in [5, 5.41) is 19.9. The van der Waals surface area contributed by atoms with Gasteiger partial charge in [0, 0.05) is 24.9 Å². The number of piperidine rings is 1. The molecule has 0 radical (unpaired) electrons. The van der Waals surface area contributed by atoms with Crippen LogP contribution in [0, 0.1) is 5.92 Å². The average Bonchev–Trinajstić information content (AvgIpc) is 3.55. The van der Waals surface area contributed by atoms with Crippen molar-refractivity contribution in [2.45, 2.75) is 76.6 Å². The zero-order valence-electron chi connectivity index (χ0n) is 27.7. The number of nitrogens with zero attached hydrogens (tertiary/aromatic N) is 2. The van der Waals surface area contributed by atoms with Gasteiger partial charge in [0.05, 0.1) is 17.8 Å². The fraction of sp³-hybridized carbons (Fsp3) is 0.500. The van der Waals surface area contributed by atoms with Gasteiger partial charge in [-0.1, -0.05) is 56.2 Å². The predicted octanol–water partition coefficient (Wildman–Crippen LogP) is 6.97. The first-order valence-corrected chi connectivity index (χ1v) is 16.0. The maximum absolute atomic E-state index is 13.4. The highest BCUT2D eigenvalue weighted by Crippen LogP contribution is 2.27. The van der Waals surface area contributed by atoms with Crippen molar-refractivity contribution in [2.24, 2.45) is 5.92 Å². The van der Waals surface area contributed by atoms with Crippen LogP contribution in [-0.4, -0.2) is 87.7 Å². The molecule has 1 unspecified atom stereocenters. The van der Waals surface area contributed by atoms with Gasteiger partial charge in [0.25, 0.3) is 0 Å². The van der Waals surface area contributed by atoms with Crippen LogP contribution in [-0.2, 0) is 19.2 Å². The molecule has 16 heteroatoms. The molecule has 2 heterocycles. The molecule has 276 valence electrons. The largest absolute Gasteiger partial charge is 0.490 e. The number of aromatic amines is 1. The van der Waals surface area contributed by atoms with Crippen molar-refractivity contribution in [3.05, 3.63) is 54.5 Å². The van der Waals surface area contributed by atoms with Gasteiger partial charge in [0.15, 0.2) is 0 Å².